The first-order valence-corrected chi connectivity index (χ1v) is 14.2. The molecule has 0 saturated heterocycles. The van der Waals surface area contributed by atoms with Crippen LogP contribution in [0.1, 0.15) is 48.2 Å². The van der Waals surface area contributed by atoms with Gasteiger partial charge in [0.25, 0.3) is 5.91 Å². The fourth-order valence-corrected chi connectivity index (χ4v) is 5.32. The van der Waals surface area contributed by atoms with E-state index in [1.54, 1.807) is 36.5 Å². The number of carbonyl (C=O) groups is 2. The molecular formula is C30H34Cl2N4O5. The molecule has 1 aliphatic carbocycles. The Morgan fingerprint density at radius 3 is 2.49 bits per heavy atom. The molecule has 1 fully saturated rings. The molecule has 0 atom stereocenters. The van der Waals surface area contributed by atoms with Crippen LogP contribution in [0.5, 0.6) is 5.75 Å². The Hall–Kier alpha value is -3.24. The molecule has 1 saturated carbocycles. The summed E-state index contributed by atoms with van der Waals surface area (Å²) in [6.45, 7) is 3.20. The third kappa shape index (κ3) is 7.35. The number of aliphatic hydroxyl groups is 1. The lowest BCUT2D eigenvalue weighted by Crippen LogP contribution is -2.57. The molecule has 11 heteroatoms. The zero-order valence-corrected chi connectivity index (χ0v) is 24.8. The van der Waals surface area contributed by atoms with Crippen LogP contribution in [-0.4, -0.2) is 75.8 Å². The molecule has 2 heterocycles. The smallest absolute Gasteiger partial charge is 0.329 e. The van der Waals surface area contributed by atoms with Gasteiger partial charge < -0.3 is 25.2 Å². The average Bonchev–Trinajstić information content (AvgIpc) is 2.93. The number of ether oxygens (including phenoxy) is 1. The molecule has 0 unspecified atom stereocenters. The van der Waals surface area contributed by atoms with Crippen molar-refractivity contribution in [3.8, 4) is 28.3 Å². The van der Waals surface area contributed by atoms with Gasteiger partial charge in [0.2, 0.25) is 0 Å². The number of aromatic nitrogens is 2. The van der Waals surface area contributed by atoms with Crippen LogP contribution in [0.15, 0.2) is 42.6 Å². The average molecular weight is 602 g/mol. The second-order valence-electron chi connectivity index (χ2n) is 10.7. The topological polar surface area (TPSA) is 125 Å². The Kier molecular flexibility index (Phi) is 9.86. The van der Waals surface area contributed by atoms with Crippen molar-refractivity contribution in [1.82, 2.24) is 20.2 Å². The van der Waals surface area contributed by atoms with Crippen LogP contribution < -0.4 is 10.1 Å². The molecule has 3 aromatic rings. The Morgan fingerprint density at radius 1 is 1.10 bits per heavy atom. The third-order valence-corrected chi connectivity index (χ3v) is 7.74. The highest BCUT2D eigenvalue weighted by Gasteiger charge is 2.43. The number of pyridine rings is 2. The summed E-state index contributed by atoms with van der Waals surface area (Å²) in [5.74, 6) is -1.30. The summed E-state index contributed by atoms with van der Waals surface area (Å²) >= 11 is 13.0. The van der Waals surface area contributed by atoms with E-state index in [0.717, 1.165) is 18.5 Å². The first kappa shape index (κ1) is 30.7. The molecule has 4 rings (SSSR count). The monoisotopic (exact) mass is 600 g/mol. The van der Waals surface area contributed by atoms with E-state index in [1.165, 1.54) is 6.07 Å². The van der Waals surface area contributed by atoms with Gasteiger partial charge in [-0.15, -0.1) is 0 Å². The Morgan fingerprint density at radius 2 is 1.83 bits per heavy atom. The van der Waals surface area contributed by atoms with Crippen LogP contribution in [0.25, 0.3) is 22.5 Å². The van der Waals surface area contributed by atoms with Gasteiger partial charge in [-0.1, -0.05) is 29.3 Å². The molecule has 1 aromatic carbocycles. The van der Waals surface area contributed by atoms with E-state index in [0.29, 0.717) is 44.9 Å². The number of halogens is 2. The lowest BCUT2D eigenvalue weighted by molar-refractivity contribution is -0.146. The van der Waals surface area contributed by atoms with Gasteiger partial charge in [0.1, 0.15) is 17.0 Å². The van der Waals surface area contributed by atoms with Crippen molar-refractivity contribution in [3.05, 3.63) is 63.9 Å². The molecule has 0 aliphatic heterocycles. The highest BCUT2D eigenvalue weighted by Crippen LogP contribution is 2.37. The quantitative estimate of drug-likeness (QED) is 0.270. The molecule has 0 radical (unpaired) electrons. The molecule has 41 heavy (non-hydrogen) atoms. The summed E-state index contributed by atoms with van der Waals surface area (Å²) in [4.78, 5) is 36.9. The number of amides is 1. The van der Waals surface area contributed by atoms with Crippen molar-refractivity contribution in [2.45, 2.75) is 50.7 Å². The molecule has 218 valence electrons. The lowest BCUT2D eigenvalue weighted by atomic mass is 9.80. The minimum absolute atomic E-state index is 0.0298. The number of hydrogen-bond donors (Lipinski definition) is 3. The van der Waals surface area contributed by atoms with Crippen molar-refractivity contribution < 1.29 is 24.5 Å². The van der Waals surface area contributed by atoms with Gasteiger partial charge in [-0.3, -0.25) is 9.78 Å². The number of nitrogens with zero attached hydrogens (tertiary/aromatic N) is 3. The van der Waals surface area contributed by atoms with Gasteiger partial charge in [0, 0.05) is 23.9 Å². The standard InChI is InChI=1S/C30H34Cl2N4O5/c1-18-15-23(32)27(33-17-18)21-6-8-24(28(38)35-30(29(39)40)11-9-20(37)10-12-30)34-26(21)19-5-7-22(31)25(16-19)41-14-4-13-36(2)3/h5-8,15-17,20,37H,4,9-14H2,1-3H3,(H,35,38)(H,39,40). The van der Waals surface area contributed by atoms with E-state index < -0.39 is 23.5 Å². The molecule has 1 amide bonds. The minimum atomic E-state index is -1.48. The predicted octanol–water partition coefficient (Wildman–Crippen LogP) is 5.24. The number of benzene rings is 1. The Bertz CT molecular complexity index is 1420. The minimum Gasteiger partial charge on any atom is -0.492 e. The van der Waals surface area contributed by atoms with Crippen molar-refractivity contribution in [2.75, 3.05) is 27.2 Å². The number of rotatable bonds is 10. The lowest BCUT2D eigenvalue weighted by Gasteiger charge is -2.35. The van der Waals surface area contributed by atoms with Crippen LogP contribution >= 0.6 is 23.2 Å². The van der Waals surface area contributed by atoms with Crippen molar-refractivity contribution in [2.24, 2.45) is 0 Å². The summed E-state index contributed by atoms with van der Waals surface area (Å²) in [5, 5.41) is 23.4. The van der Waals surface area contributed by atoms with Crippen molar-refractivity contribution in [3.63, 3.8) is 0 Å². The van der Waals surface area contributed by atoms with E-state index >= 15 is 0 Å². The van der Waals surface area contributed by atoms with E-state index in [1.807, 2.05) is 21.0 Å². The van der Waals surface area contributed by atoms with Crippen LogP contribution in [0, 0.1) is 6.92 Å². The number of carboxylic acid groups (broad SMARTS) is 1. The second-order valence-corrected chi connectivity index (χ2v) is 11.5. The molecule has 2 aromatic heterocycles. The molecule has 9 nitrogen and oxygen atoms in total. The van der Waals surface area contributed by atoms with Gasteiger partial charge in [-0.25, -0.2) is 9.78 Å². The van der Waals surface area contributed by atoms with Gasteiger partial charge >= 0.3 is 5.97 Å². The Labute approximate surface area is 249 Å². The van der Waals surface area contributed by atoms with Gasteiger partial charge in [-0.2, -0.15) is 0 Å². The molecular weight excluding hydrogens is 567 g/mol. The van der Waals surface area contributed by atoms with Crippen LogP contribution in [0.3, 0.4) is 0 Å². The fourth-order valence-electron chi connectivity index (χ4n) is 4.82. The maximum absolute atomic E-state index is 13.4. The van der Waals surface area contributed by atoms with Crippen LogP contribution in [-0.2, 0) is 4.79 Å². The molecule has 3 N–H and O–H groups in total. The molecule has 1 aliphatic rings. The number of aliphatic carboxylic acids is 1. The SMILES string of the molecule is Cc1cnc(-c2ccc(C(=O)NC3(C(=O)O)CCC(O)CC3)nc2-c2ccc(Cl)c(OCCCN(C)C)c2)c(Cl)c1. The highest BCUT2D eigenvalue weighted by atomic mass is 35.5. The van der Waals surface area contributed by atoms with Gasteiger partial charge in [-0.05, 0) is 89.0 Å². The first-order valence-electron chi connectivity index (χ1n) is 13.4. The third-order valence-electron chi connectivity index (χ3n) is 7.14. The van der Waals surface area contributed by atoms with E-state index in [9.17, 15) is 19.8 Å². The number of nitrogens with one attached hydrogen (secondary N) is 1. The van der Waals surface area contributed by atoms with Gasteiger partial charge in [0.15, 0.2) is 0 Å². The summed E-state index contributed by atoms with van der Waals surface area (Å²) in [6.07, 6.45) is 2.72. The van der Waals surface area contributed by atoms with Gasteiger partial charge in [0.05, 0.1) is 34.1 Å². The maximum Gasteiger partial charge on any atom is 0.329 e. The fraction of sp³-hybridized carbons (Fsp3) is 0.400. The number of aryl methyl sites for hydroxylation is 1. The number of carbonyl (C=O) groups excluding carboxylic acids is 1. The zero-order valence-electron chi connectivity index (χ0n) is 23.3. The second kappa shape index (κ2) is 13.2. The normalized spacial score (nSPS) is 18.8. The maximum atomic E-state index is 13.4. The van der Waals surface area contributed by atoms with Crippen molar-refractivity contribution >= 4 is 35.1 Å². The summed E-state index contributed by atoms with van der Waals surface area (Å²) in [6, 6.07) is 10.2. The summed E-state index contributed by atoms with van der Waals surface area (Å²) < 4.78 is 5.97. The largest absolute Gasteiger partial charge is 0.492 e. The van der Waals surface area contributed by atoms with Crippen LogP contribution in [0.4, 0.5) is 0 Å². The van der Waals surface area contributed by atoms with Crippen molar-refractivity contribution in [1.29, 1.82) is 0 Å². The zero-order chi connectivity index (χ0) is 29.7. The number of hydrogen-bond acceptors (Lipinski definition) is 7. The summed E-state index contributed by atoms with van der Waals surface area (Å²) in [5.41, 5.74) is 1.54. The van der Waals surface area contributed by atoms with E-state index in [-0.39, 0.29) is 31.4 Å². The van der Waals surface area contributed by atoms with E-state index in [4.69, 9.17) is 27.9 Å². The Balaban J connectivity index is 1.74. The summed E-state index contributed by atoms with van der Waals surface area (Å²) in [7, 11) is 3.98. The molecule has 0 spiro atoms. The first-order chi connectivity index (χ1) is 19.5. The predicted molar refractivity (Wildman–Crippen MR) is 159 cm³/mol. The highest BCUT2D eigenvalue weighted by molar-refractivity contribution is 6.33. The van der Waals surface area contributed by atoms with E-state index in [2.05, 4.69) is 20.2 Å². The molecule has 0 bridgehead atoms. The van der Waals surface area contributed by atoms with Crippen LogP contribution in [0.2, 0.25) is 10.0 Å². The number of carboxylic acids is 1. The number of aliphatic hydroxyl groups excluding tert-OH is 1.